The van der Waals surface area contributed by atoms with Gasteiger partial charge in [-0.05, 0) is 25.1 Å². The maximum Gasteiger partial charge on any atom is 0.0863 e. The molecule has 1 aromatic rings. The van der Waals surface area contributed by atoms with Gasteiger partial charge in [0.15, 0.2) is 0 Å². The SMILES string of the molecule is CC1=CC=C(c2ccccn2)N(C)C1. The van der Waals surface area contributed by atoms with Crippen LogP contribution in [-0.2, 0) is 0 Å². The van der Waals surface area contributed by atoms with Crippen molar-refractivity contribution in [2.75, 3.05) is 13.6 Å². The van der Waals surface area contributed by atoms with Gasteiger partial charge in [-0.25, -0.2) is 0 Å². The summed E-state index contributed by atoms with van der Waals surface area (Å²) in [6, 6.07) is 5.99. The van der Waals surface area contributed by atoms with Gasteiger partial charge in [0.1, 0.15) is 0 Å². The number of rotatable bonds is 1. The number of pyridine rings is 1. The lowest BCUT2D eigenvalue weighted by Gasteiger charge is -2.25. The molecular weight excluding hydrogens is 172 g/mol. The van der Waals surface area contributed by atoms with Gasteiger partial charge < -0.3 is 4.90 Å². The van der Waals surface area contributed by atoms with Gasteiger partial charge >= 0.3 is 0 Å². The molecule has 1 aliphatic heterocycles. The van der Waals surface area contributed by atoms with Crippen LogP contribution in [0.2, 0.25) is 0 Å². The van der Waals surface area contributed by atoms with Crippen molar-refractivity contribution in [1.82, 2.24) is 9.88 Å². The van der Waals surface area contributed by atoms with Crippen LogP contribution in [0.25, 0.3) is 5.70 Å². The molecule has 0 saturated heterocycles. The molecule has 0 aromatic carbocycles. The Morgan fingerprint density at radius 3 is 2.79 bits per heavy atom. The second-order valence-electron chi connectivity index (χ2n) is 3.64. The minimum Gasteiger partial charge on any atom is -0.369 e. The Labute approximate surface area is 84.6 Å². The molecular formula is C12H14N2. The van der Waals surface area contributed by atoms with Crippen molar-refractivity contribution in [2.24, 2.45) is 0 Å². The summed E-state index contributed by atoms with van der Waals surface area (Å²) in [5.74, 6) is 0. The van der Waals surface area contributed by atoms with Gasteiger partial charge in [-0.3, -0.25) is 4.98 Å². The van der Waals surface area contributed by atoms with Gasteiger partial charge in [0, 0.05) is 19.8 Å². The summed E-state index contributed by atoms with van der Waals surface area (Å²) in [4.78, 5) is 6.56. The summed E-state index contributed by atoms with van der Waals surface area (Å²) in [6.45, 7) is 3.13. The van der Waals surface area contributed by atoms with Gasteiger partial charge in [-0.2, -0.15) is 0 Å². The summed E-state index contributed by atoms with van der Waals surface area (Å²) in [7, 11) is 2.09. The second-order valence-corrected chi connectivity index (χ2v) is 3.64. The van der Waals surface area contributed by atoms with Gasteiger partial charge in [-0.1, -0.05) is 17.7 Å². The Morgan fingerprint density at radius 2 is 2.14 bits per heavy atom. The normalized spacial score (nSPS) is 16.3. The third-order valence-corrected chi connectivity index (χ3v) is 2.35. The van der Waals surface area contributed by atoms with Crippen molar-refractivity contribution in [3.8, 4) is 0 Å². The van der Waals surface area contributed by atoms with Crippen molar-refractivity contribution in [1.29, 1.82) is 0 Å². The van der Waals surface area contributed by atoms with Crippen LogP contribution in [0.1, 0.15) is 12.6 Å². The molecule has 1 aliphatic rings. The number of likely N-dealkylation sites (N-methyl/N-ethyl adjacent to an activating group) is 1. The molecule has 14 heavy (non-hydrogen) atoms. The summed E-state index contributed by atoms with van der Waals surface area (Å²) in [5.41, 5.74) is 3.61. The quantitative estimate of drug-likeness (QED) is 0.669. The van der Waals surface area contributed by atoms with Crippen molar-refractivity contribution in [3.05, 3.63) is 47.8 Å². The lowest BCUT2D eigenvalue weighted by atomic mass is 10.1. The van der Waals surface area contributed by atoms with E-state index in [1.165, 1.54) is 11.3 Å². The molecule has 0 spiro atoms. The molecule has 2 rings (SSSR count). The first-order valence-electron chi connectivity index (χ1n) is 4.77. The average molecular weight is 186 g/mol. The fraction of sp³-hybridized carbons (Fsp3) is 0.250. The Morgan fingerprint density at radius 1 is 1.29 bits per heavy atom. The molecule has 0 unspecified atom stereocenters. The van der Waals surface area contributed by atoms with E-state index in [0.717, 1.165) is 12.2 Å². The zero-order chi connectivity index (χ0) is 9.97. The Kier molecular flexibility index (Phi) is 2.35. The van der Waals surface area contributed by atoms with E-state index in [0.29, 0.717) is 0 Å². The van der Waals surface area contributed by atoms with E-state index in [9.17, 15) is 0 Å². The zero-order valence-corrected chi connectivity index (χ0v) is 8.57. The number of nitrogens with zero attached hydrogens (tertiary/aromatic N) is 2. The maximum atomic E-state index is 4.34. The summed E-state index contributed by atoms with van der Waals surface area (Å²) >= 11 is 0. The largest absolute Gasteiger partial charge is 0.369 e. The molecule has 0 N–H and O–H groups in total. The summed E-state index contributed by atoms with van der Waals surface area (Å²) in [5, 5.41) is 0. The van der Waals surface area contributed by atoms with Crippen LogP contribution < -0.4 is 0 Å². The molecule has 0 saturated carbocycles. The first-order chi connectivity index (χ1) is 6.77. The predicted octanol–water partition coefficient (Wildman–Crippen LogP) is 2.31. The standard InChI is InChI=1S/C12H14N2/c1-10-6-7-12(14(2)9-10)11-5-3-4-8-13-11/h3-8H,9H2,1-2H3. The lowest BCUT2D eigenvalue weighted by molar-refractivity contribution is 0.514. The fourth-order valence-corrected chi connectivity index (χ4v) is 1.66. The van der Waals surface area contributed by atoms with Crippen molar-refractivity contribution < 1.29 is 0 Å². The highest BCUT2D eigenvalue weighted by Gasteiger charge is 2.11. The number of hydrogen-bond donors (Lipinski definition) is 0. The van der Waals surface area contributed by atoms with Gasteiger partial charge in [-0.15, -0.1) is 0 Å². The van der Waals surface area contributed by atoms with E-state index in [-0.39, 0.29) is 0 Å². The monoisotopic (exact) mass is 186 g/mol. The molecule has 0 radical (unpaired) electrons. The van der Waals surface area contributed by atoms with Gasteiger partial charge in [0.05, 0.1) is 11.4 Å². The highest BCUT2D eigenvalue weighted by Crippen LogP contribution is 2.20. The van der Waals surface area contributed by atoms with Crippen molar-refractivity contribution in [3.63, 3.8) is 0 Å². The average Bonchev–Trinajstić information content (AvgIpc) is 2.19. The van der Waals surface area contributed by atoms with Crippen molar-refractivity contribution in [2.45, 2.75) is 6.92 Å². The zero-order valence-electron chi connectivity index (χ0n) is 8.57. The molecule has 2 heteroatoms. The molecule has 0 bridgehead atoms. The van der Waals surface area contributed by atoms with E-state index < -0.39 is 0 Å². The van der Waals surface area contributed by atoms with E-state index in [1.54, 1.807) is 0 Å². The van der Waals surface area contributed by atoms with Crippen LogP contribution in [0.5, 0.6) is 0 Å². The number of allylic oxidation sites excluding steroid dienone is 2. The molecule has 72 valence electrons. The summed E-state index contributed by atoms with van der Waals surface area (Å²) in [6.07, 6.45) is 6.11. The molecule has 2 nitrogen and oxygen atoms in total. The number of hydrogen-bond acceptors (Lipinski definition) is 2. The van der Waals surface area contributed by atoms with Crippen LogP contribution in [0.15, 0.2) is 42.1 Å². The van der Waals surface area contributed by atoms with E-state index in [1.807, 2.05) is 24.4 Å². The lowest BCUT2D eigenvalue weighted by Crippen LogP contribution is -2.21. The fourth-order valence-electron chi connectivity index (χ4n) is 1.66. The van der Waals surface area contributed by atoms with E-state index in [4.69, 9.17) is 0 Å². The molecule has 0 aliphatic carbocycles. The van der Waals surface area contributed by atoms with Crippen LogP contribution in [0.3, 0.4) is 0 Å². The number of aromatic nitrogens is 1. The first-order valence-corrected chi connectivity index (χ1v) is 4.77. The Hall–Kier alpha value is -1.57. The second kappa shape index (κ2) is 3.66. The highest BCUT2D eigenvalue weighted by molar-refractivity contribution is 5.64. The minimum atomic E-state index is 0.988. The minimum absolute atomic E-state index is 0.988. The van der Waals surface area contributed by atoms with E-state index in [2.05, 4.69) is 36.0 Å². The van der Waals surface area contributed by atoms with Gasteiger partial charge in [0.2, 0.25) is 0 Å². The Bertz CT molecular complexity index is 377. The van der Waals surface area contributed by atoms with Crippen molar-refractivity contribution >= 4 is 5.70 Å². The third-order valence-electron chi connectivity index (χ3n) is 2.35. The predicted molar refractivity (Wildman–Crippen MR) is 58.6 cm³/mol. The van der Waals surface area contributed by atoms with Gasteiger partial charge in [0.25, 0.3) is 0 Å². The van der Waals surface area contributed by atoms with E-state index >= 15 is 0 Å². The third kappa shape index (κ3) is 1.69. The smallest absolute Gasteiger partial charge is 0.0863 e. The van der Waals surface area contributed by atoms with Crippen LogP contribution in [0.4, 0.5) is 0 Å². The topological polar surface area (TPSA) is 16.1 Å². The molecule has 0 atom stereocenters. The Balaban J connectivity index is 2.35. The molecule has 0 fully saturated rings. The van der Waals surface area contributed by atoms with Crippen LogP contribution in [0, 0.1) is 0 Å². The highest BCUT2D eigenvalue weighted by atomic mass is 15.1. The molecule has 1 aromatic heterocycles. The van der Waals surface area contributed by atoms with Crippen LogP contribution >= 0.6 is 0 Å². The summed E-state index contributed by atoms with van der Waals surface area (Å²) < 4.78 is 0. The molecule has 0 amide bonds. The van der Waals surface area contributed by atoms with Crippen LogP contribution in [-0.4, -0.2) is 23.5 Å². The molecule has 2 heterocycles. The first kappa shape index (κ1) is 9.00. The maximum absolute atomic E-state index is 4.34.